The van der Waals surface area contributed by atoms with Crippen molar-refractivity contribution in [2.75, 3.05) is 31.5 Å². The van der Waals surface area contributed by atoms with Crippen molar-refractivity contribution in [2.45, 2.75) is 6.42 Å². The van der Waals surface area contributed by atoms with E-state index in [0.29, 0.717) is 36.8 Å². The first-order valence-electron chi connectivity index (χ1n) is 8.99. The fraction of sp³-hybridized carbons (Fsp3) is 0.250. The van der Waals surface area contributed by atoms with Gasteiger partial charge in [-0.05, 0) is 36.3 Å². The third-order valence-corrected chi connectivity index (χ3v) is 6.21. The van der Waals surface area contributed by atoms with Crippen LogP contribution in [0.4, 0.5) is 10.5 Å². The van der Waals surface area contributed by atoms with Gasteiger partial charge in [0, 0.05) is 42.3 Å². The standard InChI is InChI=1S/C20H22ClN3O3S/c21-18-8-4-9-19(16-18)22-20(25)23-11-5-12-24(14-13-23)28(26,27)15-10-17-6-2-1-3-7-17/h1-4,6-10,15-16H,5,11-14H2,(H,22,25)/b15-10+. The third kappa shape index (κ3) is 5.58. The Balaban J connectivity index is 1.61. The van der Waals surface area contributed by atoms with Gasteiger partial charge in [-0.25, -0.2) is 13.2 Å². The van der Waals surface area contributed by atoms with Crippen molar-refractivity contribution in [3.63, 3.8) is 0 Å². The molecular formula is C20H22ClN3O3S. The zero-order chi connectivity index (χ0) is 20.0. The Hall–Kier alpha value is -2.35. The van der Waals surface area contributed by atoms with Gasteiger partial charge >= 0.3 is 6.03 Å². The Bertz CT molecular complexity index is 948. The van der Waals surface area contributed by atoms with E-state index in [1.807, 2.05) is 30.3 Å². The predicted molar refractivity (Wildman–Crippen MR) is 113 cm³/mol. The molecule has 0 saturated carbocycles. The van der Waals surface area contributed by atoms with E-state index in [4.69, 9.17) is 11.6 Å². The van der Waals surface area contributed by atoms with Crippen LogP contribution < -0.4 is 5.32 Å². The summed E-state index contributed by atoms with van der Waals surface area (Å²) < 4.78 is 26.7. The molecular weight excluding hydrogens is 398 g/mol. The summed E-state index contributed by atoms with van der Waals surface area (Å²) in [7, 11) is -3.54. The third-order valence-electron chi connectivity index (χ3n) is 4.41. The Morgan fingerprint density at radius 1 is 1.00 bits per heavy atom. The number of carbonyl (C=O) groups excluding carboxylic acids is 1. The molecule has 3 rings (SSSR count). The van der Waals surface area contributed by atoms with E-state index in [1.165, 1.54) is 9.71 Å². The summed E-state index contributed by atoms with van der Waals surface area (Å²) in [4.78, 5) is 14.1. The summed E-state index contributed by atoms with van der Waals surface area (Å²) in [6, 6.07) is 15.9. The molecule has 2 aromatic carbocycles. The van der Waals surface area contributed by atoms with Crippen LogP contribution in [0.15, 0.2) is 60.0 Å². The van der Waals surface area contributed by atoms with Gasteiger partial charge in [0.05, 0.1) is 0 Å². The summed E-state index contributed by atoms with van der Waals surface area (Å²) in [5.74, 6) is 0. The van der Waals surface area contributed by atoms with E-state index in [1.54, 1.807) is 35.2 Å². The molecule has 0 unspecified atom stereocenters. The van der Waals surface area contributed by atoms with Crippen molar-refractivity contribution >= 4 is 39.4 Å². The Morgan fingerprint density at radius 3 is 2.54 bits per heavy atom. The molecule has 28 heavy (non-hydrogen) atoms. The predicted octanol–water partition coefficient (Wildman–Crippen LogP) is 3.88. The van der Waals surface area contributed by atoms with Crippen molar-refractivity contribution in [1.29, 1.82) is 0 Å². The molecule has 0 radical (unpaired) electrons. The number of benzene rings is 2. The zero-order valence-electron chi connectivity index (χ0n) is 15.3. The Kier molecular flexibility index (Phi) is 6.72. The lowest BCUT2D eigenvalue weighted by Gasteiger charge is -2.21. The Morgan fingerprint density at radius 2 is 1.79 bits per heavy atom. The molecule has 0 spiro atoms. The van der Waals surface area contributed by atoms with Crippen LogP contribution in [0, 0.1) is 0 Å². The number of hydrogen-bond acceptors (Lipinski definition) is 3. The quantitative estimate of drug-likeness (QED) is 0.817. The smallest absolute Gasteiger partial charge is 0.321 e. The van der Waals surface area contributed by atoms with Crippen molar-refractivity contribution in [3.05, 3.63) is 70.6 Å². The van der Waals surface area contributed by atoms with Gasteiger partial charge in [0.2, 0.25) is 10.0 Å². The van der Waals surface area contributed by atoms with Crippen LogP contribution in [0.1, 0.15) is 12.0 Å². The van der Waals surface area contributed by atoms with Crippen LogP contribution in [0.2, 0.25) is 5.02 Å². The number of halogens is 1. The van der Waals surface area contributed by atoms with Crippen LogP contribution >= 0.6 is 11.6 Å². The second-order valence-corrected chi connectivity index (χ2v) is 8.69. The molecule has 1 saturated heterocycles. The molecule has 8 heteroatoms. The van der Waals surface area contributed by atoms with Gasteiger partial charge in [-0.15, -0.1) is 0 Å². The number of nitrogens with one attached hydrogen (secondary N) is 1. The fourth-order valence-corrected chi connectivity index (χ4v) is 4.35. The van der Waals surface area contributed by atoms with E-state index in [9.17, 15) is 13.2 Å². The number of urea groups is 1. The molecule has 0 atom stereocenters. The normalized spacial score (nSPS) is 16.1. The molecule has 0 aromatic heterocycles. The molecule has 0 aliphatic carbocycles. The lowest BCUT2D eigenvalue weighted by Crippen LogP contribution is -2.38. The topological polar surface area (TPSA) is 69.7 Å². The van der Waals surface area contributed by atoms with Gasteiger partial charge in [0.15, 0.2) is 0 Å². The van der Waals surface area contributed by atoms with Crippen molar-refractivity contribution < 1.29 is 13.2 Å². The lowest BCUT2D eigenvalue weighted by atomic mass is 10.2. The first-order valence-corrected chi connectivity index (χ1v) is 10.9. The number of hydrogen-bond donors (Lipinski definition) is 1. The van der Waals surface area contributed by atoms with Crippen LogP contribution in [0.3, 0.4) is 0 Å². The van der Waals surface area contributed by atoms with Gasteiger partial charge in [0.1, 0.15) is 0 Å². The van der Waals surface area contributed by atoms with E-state index in [-0.39, 0.29) is 12.6 Å². The highest BCUT2D eigenvalue weighted by molar-refractivity contribution is 7.92. The van der Waals surface area contributed by atoms with Gasteiger partial charge in [-0.2, -0.15) is 4.31 Å². The average molecular weight is 420 g/mol. The summed E-state index contributed by atoms with van der Waals surface area (Å²) in [6.07, 6.45) is 2.16. The molecule has 2 aromatic rings. The molecule has 1 heterocycles. The Labute approximate surface area is 170 Å². The van der Waals surface area contributed by atoms with Gasteiger partial charge < -0.3 is 10.2 Å². The highest BCUT2D eigenvalue weighted by Crippen LogP contribution is 2.17. The minimum atomic E-state index is -3.54. The van der Waals surface area contributed by atoms with Crippen molar-refractivity contribution in [3.8, 4) is 0 Å². The minimum Gasteiger partial charge on any atom is -0.323 e. The van der Waals surface area contributed by atoms with Crippen molar-refractivity contribution in [2.24, 2.45) is 0 Å². The van der Waals surface area contributed by atoms with E-state index in [0.717, 1.165) is 5.56 Å². The first kappa shape index (κ1) is 20.4. The van der Waals surface area contributed by atoms with Gasteiger partial charge in [0.25, 0.3) is 0 Å². The molecule has 1 aliphatic heterocycles. The van der Waals surface area contributed by atoms with Gasteiger partial charge in [-0.1, -0.05) is 48.0 Å². The number of carbonyl (C=O) groups is 1. The SMILES string of the molecule is O=C(Nc1cccc(Cl)c1)N1CCCN(S(=O)(=O)/C=C/c2ccccc2)CC1. The largest absolute Gasteiger partial charge is 0.323 e. The molecule has 2 amide bonds. The second kappa shape index (κ2) is 9.23. The summed E-state index contributed by atoms with van der Waals surface area (Å²) in [5, 5.41) is 4.57. The van der Waals surface area contributed by atoms with Crippen LogP contribution in [0.25, 0.3) is 6.08 Å². The first-order chi connectivity index (χ1) is 13.4. The monoisotopic (exact) mass is 419 g/mol. The maximum Gasteiger partial charge on any atom is 0.321 e. The van der Waals surface area contributed by atoms with Crippen LogP contribution in [-0.2, 0) is 10.0 Å². The summed E-state index contributed by atoms with van der Waals surface area (Å²) in [6.45, 7) is 1.44. The average Bonchev–Trinajstić information content (AvgIpc) is 2.94. The highest BCUT2D eigenvalue weighted by atomic mass is 35.5. The number of sulfonamides is 1. The zero-order valence-corrected chi connectivity index (χ0v) is 16.9. The van der Waals surface area contributed by atoms with Crippen LogP contribution in [0.5, 0.6) is 0 Å². The lowest BCUT2D eigenvalue weighted by molar-refractivity contribution is 0.214. The van der Waals surface area contributed by atoms with E-state index in [2.05, 4.69) is 5.32 Å². The van der Waals surface area contributed by atoms with Crippen LogP contribution in [-0.4, -0.2) is 49.8 Å². The maximum atomic E-state index is 12.6. The number of anilines is 1. The minimum absolute atomic E-state index is 0.254. The molecule has 1 aliphatic rings. The number of nitrogens with zero attached hydrogens (tertiary/aromatic N) is 2. The molecule has 1 fully saturated rings. The fourth-order valence-electron chi connectivity index (χ4n) is 2.93. The highest BCUT2D eigenvalue weighted by Gasteiger charge is 2.25. The van der Waals surface area contributed by atoms with E-state index >= 15 is 0 Å². The second-order valence-electron chi connectivity index (χ2n) is 6.44. The summed E-state index contributed by atoms with van der Waals surface area (Å²) in [5.41, 5.74) is 1.43. The number of rotatable bonds is 4. The number of amides is 2. The molecule has 6 nitrogen and oxygen atoms in total. The van der Waals surface area contributed by atoms with E-state index < -0.39 is 10.0 Å². The van der Waals surface area contributed by atoms with Crippen molar-refractivity contribution in [1.82, 2.24) is 9.21 Å². The molecule has 148 valence electrons. The molecule has 1 N–H and O–H groups in total. The molecule has 0 bridgehead atoms. The maximum absolute atomic E-state index is 12.6. The summed E-state index contributed by atoms with van der Waals surface area (Å²) >= 11 is 5.94. The van der Waals surface area contributed by atoms with Gasteiger partial charge in [-0.3, -0.25) is 0 Å².